The van der Waals surface area contributed by atoms with Gasteiger partial charge in [-0.15, -0.1) is 0 Å². The highest BCUT2D eigenvalue weighted by Gasteiger charge is 2.26. The fourth-order valence-electron chi connectivity index (χ4n) is 2.57. The SMILES string of the molecule is CNC(C)c1ccc(N2CCC(C)(C)CC2)c(Cl)c1. The van der Waals surface area contributed by atoms with E-state index in [1.165, 1.54) is 24.1 Å². The largest absolute Gasteiger partial charge is 0.370 e. The first kappa shape index (κ1) is 14.7. The van der Waals surface area contributed by atoms with Gasteiger partial charge in [0.15, 0.2) is 0 Å². The Hall–Kier alpha value is -0.730. The molecule has 2 rings (SSSR count). The predicted octanol–water partition coefficient (Wildman–Crippen LogP) is 4.25. The number of nitrogens with zero attached hydrogens (tertiary/aromatic N) is 1. The molecule has 1 aliphatic heterocycles. The summed E-state index contributed by atoms with van der Waals surface area (Å²) in [6, 6.07) is 6.79. The molecular formula is C16H25ClN2. The van der Waals surface area contributed by atoms with Gasteiger partial charge in [-0.05, 0) is 49.9 Å². The van der Waals surface area contributed by atoms with Crippen molar-refractivity contribution in [3.63, 3.8) is 0 Å². The molecule has 1 aliphatic rings. The standard InChI is InChI=1S/C16H25ClN2/c1-12(18-4)13-5-6-15(14(17)11-13)19-9-7-16(2,3)8-10-19/h5-6,11-12,18H,7-10H2,1-4H3. The minimum absolute atomic E-state index is 0.340. The molecule has 0 saturated carbocycles. The summed E-state index contributed by atoms with van der Waals surface area (Å²) in [6.07, 6.45) is 2.47. The van der Waals surface area contributed by atoms with Crippen LogP contribution in [-0.4, -0.2) is 20.1 Å². The van der Waals surface area contributed by atoms with Crippen LogP contribution in [-0.2, 0) is 0 Å². The van der Waals surface area contributed by atoms with Crippen molar-refractivity contribution in [1.82, 2.24) is 5.32 Å². The highest BCUT2D eigenvalue weighted by molar-refractivity contribution is 6.33. The predicted molar refractivity (Wildman–Crippen MR) is 84.2 cm³/mol. The summed E-state index contributed by atoms with van der Waals surface area (Å²) in [4.78, 5) is 2.42. The Bertz CT molecular complexity index is 432. The van der Waals surface area contributed by atoms with E-state index in [2.05, 4.69) is 49.2 Å². The Kier molecular flexibility index (Phi) is 4.42. The number of halogens is 1. The average molecular weight is 281 g/mol. The molecule has 0 amide bonds. The number of anilines is 1. The minimum Gasteiger partial charge on any atom is -0.370 e. The quantitative estimate of drug-likeness (QED) is 0.891. The van der Waals surface area contributed by atoms with Crippen molar-refractivity contribution in [3.05, 3.63) is 28.8 Å². The Balaban J connectivity index is 2.14. The van der Waals surface area contributed by atoms with E-state index in [0.29, 0.717) is 11.5 Å². The van der Waals surface area contributed by atoms with E-state index in [1.54, 1.807) is 0 Å². The van der Waals surface area contributed by atoms with Crippen molar-refractivity contribution < 1.29 is 0 Å². The zero-order chi connectivity index (χ0) is 14.0. The number of piperidine rings is 1. The number of rotatable bonds is 3. The molecule has 106 valence electrons. The third kappa shape index (κ3) is 3.43. The normalized spacial score (nSPS) is 20.4. The fourth-order valence-corrected chi connectivity index (χ4v) is 2.88. The van der Waals surface area contributed by atoms with Crippen LogP contribution in [0.1, 0.15) is 45.2 Å². The van der Waals surface area contributed by atoms with Gasteiger partial charge in [-0.25, -0.2) is 0 Å². The van der Waals surface area contributed by atoms with Crippen LogP contribution in [0.25, 0.3) is 0 Å². The molecule has 1 aromatic rings. The number of hydrogen-bond donors (Lipinski definition) is 1. The second-order valence-corrected chi connectivity index (χ2v) is 6.78. The molecule has 0 bridgehead atoms. The topological polar surface area (TPSA) is 15.3 Å². The van der Waals surface area contributed by atoms with Crippen LogP contribution < -0.4 is 10.2 Å². The Morgan fingerprint density at radius 1 is 1.26 bits per heavy atom. The smallest absolute Gasteiger partial charge is 0.0642 e. The van der Waals surface area contributed by atoms with Crippen LogP contribution in [0.2, 0.25) is 5.02 Å². The van der Waals surface area contributed by atoms with Gasteiger partial charge in [0.1, 0.15) is 0 Å². The average Bonchev–Trinajstić information content (AvgIpc) is 2.38. The van der Waals surface area contributed by atoms with E-state index in [-0.39, 0.29) is 0 Å². The molecule has 0 aromatic heterocycles. The molecule has 0 spiro atoms. The van der Waals surface area contributed by atoms with Gasteiger partial charge in [0.25, 0.3) is 0 Å². The second kappa shape index (κ2) is 5.72. The lowest BCUT2D eigenvalue weighted by Gasteiger charge is -2.38. The molecule has 1 fully saturated rings. The van der Waals surface area contributed by atoms with Crippen molar-refractivity contribution in [2.45, 2.75) is 39.7 Å². The first-order chi connectivity index (χ1) is 8.93. The summed E-state index contributed by atoms with van der Waals surface area (Å²) >= 11 is 6.47. The Labute approximate surface area is 122 Å². The molecule has 1 saturated heterocycles. The third-order valence-corrected chi connectivity index (χ3v) is 4.67. The highest BCUT2D eigenvalue weighted by atomic mass is 35.5. The summed E-state index contributed by atoms with van der Waals surface area (Å²) in [5, 5.41) is 4.12. The van der Waals surface area contributed by atoms with E-state index >= 15 is 0 Å². The molecule has 0 radical (unpaired) electrons. The fraction of sp³-hybridized carbons (Fsp3) is 0.625. The third-order valence-electron chi connectivity index (χ3n) is 4.36. The molecule has 1 heterocycles. The molecule has 2 nitrogen and oxygen atoms in total. The lowest BCUT2D eigenvalue weighted by molar-refractivity contribution is 0.280. The van der Waals surface area contributed by atoms with Gasteiger partial charge in [-0.1, -0.05) is 31.5 Å². The van der Waals surface area contributed by atoms with Crippen LogP contribution in [0.3, 0.4) is 0 Å². The first-order valence-electron chi connectivity index (χ1n) is 7.14. The molecule has 19 heavy (non-hydrogen) atoms. The van der Waals surface area contributed by atoms with E-state index in [4.69, 9.17) is 11.6 Å². The number of hydrogen-bond acceptors (Lipinski definition) is 2. The monoisotopic (exact) mass is 280 g/mol. The molecular weight excluding hydrogens is 256 g/mol. The van der Waals surface area contributed by atoms with Crippen molar-refractivity contribution in [1.29, 1.82) is 0 Å². The summed E-state index contributed by atoms with van der Waals surface area (Å²) in [5.74, 6) is 0. The summed E-state index contributed by atoms with van der Waals surface area (Å²) < 4.78 is 0. The van der Waals surface area contributed by atoms with Gasteiger partial charge >= 0.3 is 0 Å². The van der Waals surface area contributed by atoms with Crippen LogP contribution in [0.15, 0.2) is 18.2 Å². The second-order valence-electron chi connectivity index (χ2n) is 6.37. The summed E-state index contributed by atoms with van der Waals surface area (Å²) in [7, 11) is 1.97. The Morgan fingerprint density at radius 2 is 1.89 bits per heavy atom. The van der Waals surface area contributed by atoms with Gasteiger partial charge in [-0.3, -0.25) is 0 Å². The van der Waals surface area contributed by atoms with Gasteiger partial charge in [-0.2, -0.15) is 0 Å². The van der Waals surface area contributed by atoms with Crippen molar-refractivity contribution in [2.24, 2.45) is 5.41 Å². The van der Waals surface area contributed by atoms with Crippen molar-refractivity contribution in [3.8, 4) is 0 Å². The maximum absolute atomic E-state index is 6.47. The summed E-state index contributed by atoms with van der Waals surface area (Å²) in [6.45, 7) is 9.06. The Morgan fingerprint density at radius 3 is 2.42 bits per heavy atom. The van der Waals surface area contributed by atoms with Gasteiger partial charge in [0, 0.05) is 19.1 Å². The number of nitrogens with one attached hydrogen (secondary N) is 1. The molecule has 1 N–H and O–H groups in total. The van der Waals surface area contributed by atoms with Crippen LogP contribution in [0, 0.1) is 5.41 Å². The van der Waals surface area contributed by atoms with Crippen molar-refractivity contribution in [2.75, 3.05) is 25.0 Å². The van der Waals surface area contributed by atoms with Crippen LogP contribution >= 0.6 is 11.6 Å². The van der Waals surface area contributed by atoms with E-state index in [9.17, 15) is 0 Å². The summed E-state index contributed by atoms with van der Waals surface area (Å²) in [5.41, 5.74) is 2.90. The number of benzene rings is 1. The highest BCUT2D eigenvalue weighted by Crippen LogP contribution is 2.35. The molecule has 1 aromatic carbocycles. The molecule has 1 atom stereocenters. The van der Waals surface area contributed by atoms with Crippen LogP contribution in [0.5, 0.6) is 0 Å². The zero-order valence-electron chi connectivity index (χ0n) is 12.5. The van der Waals surface area contributed by atoms with Gasteiger partial charge in [0.05, 0.1) is 10.7 Å². The maximum atomic E-state index is 6.47. The van der Waals surface area contributed by atoms with Crippen molar-refractivity contribution >= 4 is 17.3 Å². The zero-order valence-corrected chi connectivity index (χ0v) is 13.2. The first-order valence-corrected chi connectivity index (χ1v) is 7.52. The van der Waals surface area contributed by atoms with Crippen LogP contribution in [0.4, 0.5) is 5.69 Å². The molecule has 3 heteroatoms. The molecule has 1 unspecified atom stereocenters. The van der Waals surface area contributed by atoms with Gasteiger partial charge in [0.2, 0.25) is 0 Å². The maximum Gasteiger partial charge on any atom is 0.0642 e. The van der Waals surface area contributed by atoms with E-state index in [1.807, 2.05) is 7.05 Å². The minimum atomic E-state index is 0.340. The molecule has 0 aliphatic carbocycles. The van der Waals surface area contributed by atoms with Gasteiger partial charge < -0.3 is 10.2 Å². The lowest BCUT2D eigenvalue weighted by atomic mass is 9.82. The lowest BCUT2D eigenvalue weighted by Crippen LogP contribution is -2.37. The van der Waals surface area contributed by atoms with E-state index in [0.717, 1.165) is 18.1 Å². The van der Waals surface area contributed by atoms with E-state index < -0.39 is 0 Å².